The lowest BCUT2D eigenvalue weighted by Crippen LogP contribution is -2.47. The van der Waals surface area contributed by atoms with Crippen LogP contribution in [0, 0.1) is 0 Å². The Hall–Kier alpha value is -2.40. The number of anilines is 1. The van der Waals surface area contributed by atoms with Gasteiger partial charge in [-0.3, -0.25) is 4.48 Å². The average molecular weight is 420 g/mol. The summed E-state index contributed by atoms with van der Waals surface area (Å²) in [6.45, 7) is -0.774. The van der Waals surface area contributed by atoms with Crippen LogP contribution in [0.5, 0.6) is 0 Å². The van der Waals surface area contributed by atoms with Crippen LogP contribution in [-0.2, 0) is 0 Å². The Kier molecular flexibility index (Phi) is 8.42. The molecule has 2 aromatic rings. The Morgan fingerprint density at radius 1 is 0.767 bits per heavy atom. The molecule has 9 nitrogen and oxygen atoms in total. The van der Waals surface area contributed by atoms with E-state index in [0.717, 1.165) is 15.9 Å². The van der Waals surface area contributed by atoms with Crippen molar-refractivity contribution in [1.29, 1.82) is 0 Å². The molecule has 164 valence electrons. The summed E-state index contributed by atoms with van der Waals surface area (Å²) >= 11 is 0. The SMILES string of the molecule is C[N+](C)(C)c1ccc(N=Nc2ccc(NCC(O)C(O)C(O)C(O)CO)cc2)cc1. The number of azo groups is 1. The van der Waals surface area contributed by atoms with Crippen molar-refractivity contribution in [2.75, 3.05) is 39.6 Å². The molecule has 6 N–H and O–H groups in total. The van der Waals surface area contributed by atoms with E-state index in [1.54, 1.807) is 24.3 Å². The summed E-state index contributed by atoms with van der Waals surface area (Å²) in [5, 5.41) is 58.8. The lowest BCUT2D eigenvalue weighted by molar-refractivity contribution is -0.111. The first kappa shape index (κ1) is 23.9. The topological polar surface area (TPSA) is 138 Å². The molecule has 0 amide bonds. The molecule has 0 aromatic heterocycles. The Morgan fingerprint density at radius 2 is 1.23 bits per heavy atom. The molecular formula is C21H31N4O5+. The van der Waals surface area contributed by atoms with Gasteiger partial charge in [-0.2, -0.15) is 10.2 Å². The van der Waals surface area contributed by atoms with Gasteiger partial charge in [0.1, 0.15) is 24.0 Å². The number of hydrogen-bond donors (Lipinski definition) is 6. The van der Waals surface area contributed by atoms with Crippen LogP contribution in [-0.4, -0.2) is 84.2 Å². The summed E-state index contributed by atoms with van der Waals surface area (Å²) in [5.41, 5.74) is 3.23. The summed E-state index contributed by atoms with van der Waals surface area (Å²) in [5.74, 6) is 0. The van der Waals surface area contributed by atoms with Crippen molar-refractivity contribution in [2.45, 2.75) is 24.4 Å². The molecule has 9 heteroatoms. The Balaban J connectivity index is 1.89. The van der Waals surface area contributed by atoms with E-state index in [-0.39, 0.29) is 6.54 Å². The van der Waals surface area contributed by atoms with Gasteiger partial charge in [0.25, 0.3) is 0 Å². The third-order valence-corrected chi connectivity index (χ3v) is 4.61. The normalized spacial score (nSPS) is 16.3. The van der Waals surface area contributed by atoms with E-state index in [4.69, 9.17) is 5.11 Å². The van der Waals surface area contributed by atoms with Crippen LogP contribution < -0.4 is 9.80 Å². The molecule has 0 saturated heterocycles. The maximum absolute atomic E-state index is 9.93. The number of quaternary nitrogens is 1. The second kappa shape index (κ2) is 10.6. The van der Waals surface area contributed by atoms with Gasteiger partial charge in [0, 0.05) is 24.4 Å². The molecule has 30 heavy (non-hydrogen) atoms. The van der Waals surface area contributed by atoms with Gasteiger partial charge in [0.2, 0.25) is 0 Å². The molecule has 0 aliphatic carbocycles. The highest BCUT2D eigenvalue weighted by molar-refractivity contribution is 5.52. The predicted octanol–water partition coefficient (Wildman–Crippen LogP) is 1.15. The van der Waals surface area contributed by atoms with Crippen LogP contribution in [0.15, 0.2) is 58.8 Å². The maximum atomic E-state index is 9.93. The Bertz CT molecular complexity index is 806. The first-order valence-electron chi connectivity index (χ1n) is 9.62. The maximum Gasteiger partial charge on any atom is 0.132 e. The lowest BCUT2D eigenvalue weighted by atomic mass is 10.0. The monoisotopic (exact) mass is 419 g/mol. The number of rotatable bonds is 10. The highest BCUT2D eigenvalue weighted by Crippen LogP contribution is 2.24. The first-order valence-corrected chi connectivity index (χ1v) is 9.62. The van der Waals surface area contributed by atoms with Crippen LogP contribution in [0.3, 0.4) is 0 Å². The second-order valence-corrected chi connectivity index (χ2v) is 7.96. The van der Waals surface area contributed by atoms with Crippen LogP contribution in [0.4, 0.5) is 22.7 Å². The standard InChI is InChI=1S/C21H31N4O5/c1-25(2,3)17-10-8-16(9-11-17)24-23-15-6-4-14(5-7-15)22-12-18(27)20(29)21(30)19(28)13-26/h4-11,18-22,26-30H,12-13H2,1-3H3/q+1. The van der Waals surface area contributed by atoms with Gasteiger partial charge in [0.15, 0.2) is 0 Å². The van der Waals surface area contributed by atoms with Crippen LogP contribution in [0.25, 0.3) is 0 Å². The van der Waals surface area contributed by atoms with Gasteiger partial charge in [-0.25, -0.2) is 0 Å². The first-order chi connectivity index (χ1) is 14.1. The molecular weight excluding hydrogens is 388 g/mol. The van der Waals surface area contributed by atoms with E-state index >= 15 is 0 Å². The molecule has 4 unspecified atom stereocenters. The van der Waals surface area contributed by atoms with Crippen molar-refractivity contribution in [3.8, 4) is 0 Å². The molecule has 0 fully saturated rings. The molecule has 4 atom stereocenters. The molecule has 0 aliphatic rings. The van der Waals surface area contributed by atoms with Crippen molar-refractivity contribution in [3.05, 3.63) is 48.5 Å². The fraction of sp³-hybridized carbons (Fsp3) is 0.429. The molecule has 0 saturated carbocycles. The van der Waals surface area contributed by atoms with E-state index in [1.165, 1.54) is 0 Å². The minimum atomic E-state index is -1.65. The number of aliphatic hydroxyl groups is 5. The number of nitrogens with zero attached hydrogens (tertiary/aromatic N) is 3. The molecule has 0 bridgehead atoms. The average Bonchev–Trinajstić information content (AvgIpc) is 2.74. The van der Waals surface area contributed by atoms with Gasteiger partial charge >= 0.3 is 0 Å². The Labute approximate surface area is 176 Å². The predicted molar refractivity (Wildman–Crippen MR) is 116 cm³/mol. The van der Waals surface area contributed by atoms with Gasteiger partial charge in [-0.15, -0.1) is 0 Å². The van der Waals surface area contributed by atoms with Crippen molar-refractivity contribution < 1.29 is 25.5 Å². The second-order valence-electron chi connectivity index (χ2n) is 7.96. The summed E-state index contributed by atoms with van der Waals surface area (Å²) in [6.07, 6.45) is -6.11. The molecule has 0 heterocycles. The molecule has 0 aliphatic heterocycles. The minimum Gasteiger partial charge on any atom is -0.394 e. The molecule has 2 aromatic carbocycles. The van der Waals surface area contributed by atoms with Crippen LogP contribution in [0.2, 0.25) is 0 Å². The van der Waals surface area contributed by atoms with Crippen molar-refractivity contribution in [3.63, 3.8) is 0 Å². The van der Waals surface area contributed by atoms with Crippen molar-refractivity contribution in [2.24, 2.45) is 10.2 Å². The quantitative estimate of drug-likeness (QED) is 0.252. The summed E-state index contributed by atoms with van der Waals surface area (Å²) in [7, 11) is 6.27. The summed E-state index contributed by atoms with van der Waals surface area (Å²) < 4.78 is 0.721. The highest BCUT2D eigenvalue weighted by Gasteiger charge is 2.29. The van der Waals surface area contributed by atoms with E-state index < -0.39 is 31.0 Å². The zero-order chi connectivity index (χ0) is 22.3. The third kappa shape index (κ3) is 6.84. The van der Waals surface area contributed by atoms with E-state index in [2.05, 4.69) is 36.7 Å². The smallest absolute Gasteiger partial charge is 0.132 e. The minimum absolute atomic E-state index is 0.0596. The van der Waals surface area contributed by atoms with Crippen LogP contribution in [0.1, 0.15) is 0 Å². The summed E-state index contributed by atoms with van der Waals surface area (Å²) in [6, 6.07) is 14.8. The van der Waals surface area contributed by atoms with E-state index in [9.17, 15) is 20.4 Å². The third-order valence-electron chi connectivity index (χ3n) is 4.61. The fourth-order valence-corrected chi connectivity index (χ4v) is 2.63. The largest absolute Gasteiger partial charge is 0.394 e. The van der Waals surface area contributed by atoms with Gasteiger partial charge in [-0.05, 0) is 36.4 Å². The molecule has 2 rings (SSSR count). The van der Waals surface area contributed by atoms with Gasteiger partial charge < -0.3 is 30.8 Å². The molecule has 0 radical (unpaired) electrons. The van der Waals surface area contributed by atoms with E-state index in [1.807, 2.05) is 24.3 Å². The summed E-state index contributed by atoms with van der Waals surface area (Å²) in [4.78, 5) is 0. The number of aliphatic hydroxyl groups excluding tert-OH is 5. The van der Waals surface area contributed by atoms with Gasteiger partial charge in [0.05, 0.1) is 45.2 Å². The zero-order valence-corrected chi connectivity index (χ0v) is 17.4. The van der Waals surface area contributed by atoms with Crippen molar-refractivity contribution in [1.82, 2.24) is 4.48 Å². The van der Waals surface area contributed by atoms with Crippen LogP contribution >= 0.6 is 0 Å². The lowest BCUT2D eigenvalue weighted by Gasteiger charge is -2.26. The van der Waals surface area contributed by atoms with Crippen molar-refractivity contribution >= 4 is 22.7 Å². The fourth-order valence-electron chi connectivity index (χ4n) is 2.63. The number of hydrogen-bond acceptors (Lipinski definition) is 8. The number of benzene rings is 2. The zero-order valence-electron chi connectivity index (χ0n) is 17.4. The Morgan fingerprint density at radius 3 is 1.70 bits per heavy atom. The number of nitrogens with one attached hydrogen (secondary N) is 1. The highest BCUT2D eigenvalue weighted by atomic mass is 16.4. The molecule has 0 spiro atoms. The van der Waals surface area contributed by atoms with Gasteiger partial charge in [-0.1, -0.05) is 0 Å². The van der Waals surface area contributed by atoms with E-state index in [0.29, 0.717) is 11.4 Å².